The van der Waals surface area contributed by atoms with Gasteiger partial charge in [-0.1, -0.05) is 24.3 Å². The fourth-order valence-electron chi connectivity index (χ4n) is 4.38. The first kappa shape index (κ1) is 29.9. The first-order valence-corrected chi connectivity index (χ1v) is 13.8. The van der Waals surface area contributed by atoms with Gasteiger partial charge in [-0.15, -0.1) is 0 Å². The van der Waals surface area contributed by atoms with Crippen molar-refractivity contribution in [1.82, 2.24) is 19.8 Å². The highest BCUT2D eigenvalue weighted by Crippen LogP contribution is 2.39. The van der Waals surface area contributed by atoms with Crippen molar-refractivity contribution < 1.29 is 44.3 Å². The zero-order chi connectivity index (χ0) is 30.3. The number of halogens is 6. The first-order valence-electron chi connectivity index (χ1n) is 12.0. The van der Waals surface area contributed by atoms with Crippen molar-refractivity contribution in [3.8, 4) is 0 Å². The number of aromatic nitrogens is 2. The van der Waals surface area contributed by atoms with E-state index in [-0.39, 0.29) is 36.6 Å². The van der Waals surface area contributed by atoms with Crippen LogP contribution in [0.2, 0.25) is 0 Å². The summed E-state index contributed by atoms with van der Waals surface area (Å²) in [7, 11) is -3.80. The number of nitrogens with one attached hydrogen (secondary N) is 2. The Balaban J connectivity index is 1.60. The molecule has 0 fully saturated rings. The van der Waals surface area contributed by atoms with Gasteiger partial charge < -0.3 is 10.2 Å². The molecule has 1 aliphatic rings. The lowest BCUT2D eigenvalue weighted by Crippen LogP contribution is -2.31. The van der Waals surface area contributed by atoms with Gasteiger partial charge in [0.05, 0.1) is 24.4 Å². The van der Waals surface area contributed by atoms with Gasteiger partial charge in [-0.3, -0.25) is 9.59 Å². The van der Waals surface area contributed by atoms with Gasteiger partial charge in [0.2, 0.25) is 10.0 Å². The van der Waals surface area contributed by atoms with Crippen molar-refractivity contribution in [2.45, 2.75) is 38.4 Å². The summed E-state index contributed by atoms with van der Waals surface area (Å²) in [5.41, 5.74) is -2.53. The number of fused-ring (bicyclic) bond motifs is 1. The molecule has 0 saturated carbocycles. The van der Waals surface area contributed by atoms with Crippen LogP contribution in [0.1, 0.15) is 56.1 Å². The Hall–Kier alpha value is -4.08. The number of rotatable bonds is 7. The lowest BCUT2D eigenvalue weighted by molar-refractivity contribution is -0.142. The molecule has 1 atom stereocenters. The summed E-state index contributed by atoms with van der Waals surface area (Å²) in [6.07, 6.45) is -8.80. The molecule has 0 unspecified atom stereocenters. The second kappa shape index (κ2) is 10.7. The third kappa shape index (κ3) is 6.81. The molecule has 2 N–H and O–H groups in total. The molecule has 220 valence electrons. The molecular formula is C25H23F6N5O4S. The summed E-state index contributed by atoms with van der Waals surface area (Å²) >= 11 is 0. The van der Waals surface area contributed by atoms with Crippen LogP contribution in [0.5, 0.6) is 0 Å². The van der Waals surface area contributed by atoms with Gasteiger partial charge in [0.25, 0.3) is 11.8 Å². The third-order valence-electron chi connectivity index (χ3n) is 6.23. The van der Waals surface area contributed by atoms with Gasteiger partial charge >= 0.3 is 12.4 Å². The lowest BCUT2D eigenvalue weighted by atomic mass is 10.0. The van der Waals surface area contributed by atoms with E-state index in [4.69, 9.17) is 0 Å². The van der Waals surface area contributed by atoms with E-state index in [2.05, 4.69) is 10.4 Å². The minimum atomic E-state index is -5.00. The highest BCUT2D eigenvalue weighted by Gasteiger charge is 2.44. The quantitative estimate of drug-likeness (QED) is 0.393. The Morgan fingerprint density at radius 2 is 1.63 bits per heavy atom. The molecule has 2 amide bonds. The van der Waals surface area contributed by atoms with Crippen molar-refractivity contribution >= 4 is 27.7 Å². The molecule has 2 heterocycles. The molecule has 3 aromatic rings. The molecule has 0 bridgehead atoms. The minimum Gasteiger partial charge on any atom is -0.350 e. The highest BCUT2D eigenvalue weighted by atomic mass is 32.2. The number of sulfonamides is 1. The van der Waals surface area contributed by atoms with Crippen LogP contribution in [-0.4, -0.2) is 42.8 Å². The number of nitrogens with zero attached hydrogens (tertiary/aromatic N) is 3. The average molecular weight is 604 g/mol. The van der Waals surface area contributed by atoms with Crippen molar-refractivity contribution in [3.05, 3.63) is 82.0 Å². The van der Waals surface area contributed by atoms with E-state index in [0.29, 0.717) is 5.56 Å². The van der Waals surface area contributed by atoms with Crippen molar-refractivity contribution in [3.63, 3.8) is 0 Å². The lowest BCUT2D eigenvalue weighted by Gasteiger charge is -2.21. The second-order valence-corrected chi connectivity index (χ2v) is 11.2. The zero-order valence-electron chi connectivity index (χ0n) is 21.5. The van der Waals surface area contributed by atoms with Crippen molar-refractivity contribution in [1.29, 1.82) is 0 Å². The van der Waals surface area contributed by atoms with Crippen LogP contribution in [0, 0.1) is 0 Å². The Morgan fingerprint density at radius 3 is 2.22 bits per heavy atom. The van der Waals surface area contributed by atoms with E-state index >= 15 is 0 Å². The van der Waals surface area contributed by atoms with E-state index < -0.39 is 57.1 Å². The van der Waals surface area contributed by atoms with Gasteiger partial charge in [0, 0.05) is 18.7 Å². The smallest absolute Gasteiger partial charge is 0.350 e. The Bertz CT molecular complexity index is 1580. The van der Waals surface area contributed by atoms with E-state index in [1.165, 1.54) is 48.2 Å². The number of carbonyl (C=O) groups is 2. The number of carbonyl (C=O) groups excluding carboxylic acids is 2. The Labute approximate surface area is 230 Å². The standard InChI is InChI=1S/C25H23F6N5O4S/c1-14(16-6-8-17(9-7-16)21(37)34-41(2,39)40)32-22(38)19-20(25(29,30)31)33-36-11-10-35(23(19)36)13-15-4-3-5-18(12-15)24(26,27)28/h3-9,12,14H,10-11,13H2,1-2H3,(H,32,38)(H,34,37)/t14-/m0/s1. The van der Waals surface area contributed by atoms with Crippen LogP contribution < -0.4 is 14.9 Å². The molecular weight excluding hydrogens is 580 g/mol. The normalized spacial score (nSPS) is 14.5. The molecule has 0 saturated heterocycles. The molecule has 16 heteroatoms. The van der Waals surface area contributed by atoms with Gasteiger partial charge in [-0.05, 0) is 42.3 Å². The van der Waals surface area contributed by atoms with Crippen molar-refractivity contribution in [2.75, 3.05) is 17.7 Å². The number of anilines is 1. The fraction of sp³-hybridized carbons (Fsp3) is 0.320. The van der Waals surface area contributed by atoms with Gasteiger partial charge in [0.1, 0.15) is 11.4 Å². The molecule has 4 rings (SSSR count). The summed E-state index contributed by atoms with van der Waals surface area (Å²) in [4.78, 5) is 26.6. The molecule has 2 aromatic carbocycles. The number of hydrogen-bond donors (Lipinski definition) is 2. The zero-order valence-corrected chi connectivity index (χ0v) is 22.3. The minimum absolute atomic E-state index is 0.00301. The fourth-order valence-corrected chi connectivity index (χ4v) is 4.84. The van der Waals surface area contributed by atoms with Crippen LogP contribution in [0.3, 0.4) is 0 Å². The van der Waals surface area contributed by atoms with Gasteiger partial charge in [0.15, 0.2) is 5.69 Å². The second-order valence-electron chi connectivity index (χ2n) is 9.41. The summed E-state index contributed by atoms with van der Waals surface area (Å²) in [5.74, 6) is -2.17. The SMILES string of the molecule is C[C@H](NC(=O)c1c(C(F)(F)F)nn2c1N(Cc1cccc(C(F)(F)F)c1)CC2)c1ccc(C(=O)NS(C)(=O)=O)cc1. The largest absolute Gasteiger partial charge is 0.436 e. The van der Waals surface area contributed by atoms with Crippen molar-refractivity contribution in [2.24, 2.45) is 0 Å². The maximum atomic E-state index is 13.9. The maximum absolute atomic E-state index is 13.9. The molecule has 41 heavy (non-hydrogen) atoms. The summed E-state index contributed by atoms with van der Waals surface area (Å²) in [5, 5.41) is 6.06. The van der Waals surface area contributed by atoms with E-state index in [1.54, 1.807) is 4.72 Å². The Kier molecular flexibility index (Phi) is 7.82. The average Bonchev–Trinajstić information content (AvgIpc) is 3.43. The molecule has 0 aliphatic carbocycles. The molecule has 1 aromatic heterocycles. The van der Waals surface area contributed by atoms with E-state index in [0.717, 1.165) is 23.1 Å². The highest BCUT2D eigenvalue weighted by molar-refractivity contribution is 7.89. The Morgan fingerprint density at radius 1 is 0.976 bits per heavy atom. The van der Waals surface area contributed by atoms with E-state index in [9.17, 15) is 44.3 Å². The molecule has 9 nitrogen and oxygen atoms in total. The number of alkyl halides is 6. The number of hydrogen-bond acceptors (Lipinski definition) is 6. The third-order valence-corrected chi connectivity index (χ3v) is 6.78. The maximum Gasteiger partial charge on any atom is 0.436 e. The number of amides is 2. The molecule has 0 radical (unpaired) electrons. The predicted molar refractivity (Wildman–Crippen MR) is 134 cm³/mol. The summed E-state index contributed by atoms with van der Waals surface area (Å²) in [6.45, 7) is 1.39. The predicted octanol–water partition coefficient (Wildman–Crippen LogP) is 4.12. The topological polar surface area (TPSA) is 113 Å². The van der Waals surface area contributed by atoms with Gasteiger partial charge in [-0.2, -0.15) is 31.4 Å². The summed E-state index contributed by atoms with van der Waals surface area (Å²) < 4.78 is 107. The van der Waals surface area contributed by atoms with Crippen LogP contribution in [0.15, 0.2) is 48.5 Å². The summed E-state index contributed by atoms with van der Waals surface area (Å²) in [6, 6.07) is 8.88. The monoisotopic (exact) mass is 603 g/mol. The van der Waals surface area contributed by atoms with E-state index in [1.807, 2.05) is 0 Å². The van der Waals surface area contributed by atoms with Crippen LogP contribution >= 0.6 is 0 Å². The van der Waals surface area contributed by atoms with Crippen LogP contribution in [-0.2, 0) is 35.5 Å². The van der Waals surface area contributed by atoms with Crippen LogP contribution in [0.4, 0.5) is 32.2 Å². The van der Waals surface area contributed by atoms with Gasteiger partial charge in [-0.25, -0.2) is 17.8 Å². The molecule has 1 aliphatic heterocycles. The number of benzene rings is 2. The van der Waals surface area contributed by atoms with Crippen LogP contribution in [0.25, 0.3) is 0 Å². The molecule has 0 spiro atoms. The first-order chi connectivity index (χ1) is 18.9.